The van der Waals surface area contributed by atoms with Crippen LogP contribution in [0.2, 0.25) is 0 Å². The zero-order valence-corrected chi connectivity index (χ0v) is 7.23. The lowest BCUT2D eigenvalue weighted by Gasteiger charge is -1.99. The Morgan fingerprint density at radius 1 is 1.50 bits per heavy atom. The van der Waals surface area contributed by atoms with Crippen molar-refractivity contribution >= 4 is 24.5 Å². The van der Waals surface area contributed by atoms with Crippen LogP contribution in [0.15, 0.2) is 0 Å². The number of hydroxylamine groups is 1. The Morgan fingerprint density at radius 3 is 2.83 bits per heavy atom. The van der Waals surface area contributed by atoms with Gasteiger partial charge in [-0.3, -0.25) is 9.59 Å². The predicted molar refractivity (Wildman–Crippen MR) is 44.2 cm³/mol. The van der Waals surface area contributed by atoms with Crippen LogP contribution < -0.4 is 5.48 Å². The van der Waals surface area contributed by atoms with Gasteiger partial charge in [0.1, 0.15) is 6.91 Å². The fourth-order valence-electron chi connectivity index (χ4n) is 0.600. The Balaban J connectivity index is 3.40. The van der Waals surface area contributed by atoms with Gasteiger partial charge < -0.3 is 5.11 Å². The van der Waals surface area contributed by atoms with Gasteiger partial charge in [-0.15, -0.1) is 0 Å². The predicted octanol–water partition coefficient (Wildman–Crippen LogP) is -0.389. The van der Waals surface area contributed by atoms with Gasteiger partial charge >= 0.3 is 0 Å². The Morgan fingerprint density at radius 2 is 2.25 bits per heavy atom. The molecule has 70 valence electrons. The Kier molecular flexibility index (Phi) is 5.60. The first kappa shape index (κ1) is 9.50. The topological polar surface area (TPSA) is 75.6 Å². The van der Waals surface area contributed by atoms with Gasteiger partial charge in [0.2, 0.25) is 5.91 Å². The normalized spacial score (nSPS) is 10.6. The molecule has 0 saturated carbocycles. The summed E-state index contributed by atoms with van der Waals surface area (Å²) in [6.45, 7) is -0.195. The summed E-state index contributed by atoms with van der Waals surface area (Å²) in [4.78, 5) is 21.6. The number of carbonyl (C=O) groups excluding carboxylic acids is 2. The summed E-state index contributed by atoms with van der Waals surface area (Å²) in [6, 6.07) is 0. The molecule has 0 aliphatic carbocycles. The van der Waals surface area contributed by atoms with Crippen LogP contribution >= 0.6 is 12.8 Å². The zero-order valence-electron chi connectivity index (χ0n) is 7.41. The minimum Gasteiger partial charge on any atom is -0.396 e. The third kappa shape index (κ3) is 6.14. The second-order valence-corrected chi connectivity index (χ2v) is 2.29. The van der Waals surface area contributed by atoms with E-state index in [2.05, 4.69) is 4.28 Å². The summed E-state index contributed by atoms with van der Waals surface area (Å²) >= 11 is 0.268. The summed E-state index contributed by atoms with van der Waals surface area (Å²) in [5.74, 6) is -0.623. The molecule has 6 heteroatoms. The minimum atomic E-state index is -0.453. The lowest BCUT2D eigenvalue weighted by Crippen LogP contribution is -2.20. The van der Waals surface area contributed by atoms with Crippen LogP contribution in [0.25, 0.3) is 0 Å². The van der Waals surface area contributed by atoms with Crippen molar-refractivity contribution in [2.24, 2.45) is 0 Å². The van der Waals surface area contributed by atoms with E-state index < -0.39 is 5.91 Å². The number of Topliss-reactive ketones (excluding diaryl/α,β-unsaturated/α-hetero) is 1. The van der Waals surface area contributed by atoms with E-state index in [9.17, 15) is 9.59 Å². The van der Waals surface area contributed by atoms with Gasteiger partial charge in [-0.25, -0.2) is 9.76 Å². The molecule has 0 aromatic carbocycles. The standard InChI is InChI=1S/C6H11NO4S/c8-4-3-5(9)1-2-6(10)7-11-12/h8,12H,1-4H2,(H,7,10)/i/hT. The molecule has 0 bridgehead atoms. The molecular weight excluding hydrogens is 182 g/mol. The number of ketones is 1. The maximum Gasteiger partial charge on any atom is 0.244 e. The van der Waals surface area contributed by atoms with E-state index >= 15 is 0 Å². The van der Waals surface area contributed by atoms with E-state index in [1.54, 1.807) is 0 Å². The number of carbonyl (C=O) groups is 2. The molecule has 0 aliphatic heterocycles. The van der Waals surface area contributed by atoms with E-state index in [-0.39, 0.29) is 44.5 Å². The van der Waals surface area contributed by atoms with Crippen LogP contribution in [0.4, 0.5) is 0 Å². The van der Waals surface area contributed by atoms with Gasteiger partial charge in [0.15, 0.2) is 0 Å². The third-order valence-corrected chi connectivity index (χ3v) is 1.26. The number of hydrogen-bond acceptors (Lipinski definition) is 5. The smallest absolute Gasteiger partial charge is 0.244 e. The fraction of sp³-hybridized carbons (Fsp3) is 0.667. The third-order valence-electron chi connectivity index (χ3n) is 1.18. The highest BCUT2D eigenvalue weighted by Crippen LogP contribution is 1.94. The number of hydrogen-bond donors (Lipinski definition) is 3. The molecule has 0 saturated heterocycles. The molecule has 1 amide bonds. The van der Waals surface area contributed by atoms with Crippen LogP contribution in [0.3, 0.4) is 0 Å². The van der Waals surface area contributed by atoms with Crippen LogP contribution in [0.1, 0.15) is 19.3 Å². The quantitative estimate of drug-likeness (QED) is 0.294. The average Bonchev–Trinajstić information content (AvgIpc) is 2.12. The average molecular weight is 195 g/mol. The number of thiol groups is 1. The van der Waals surface area contributed by atoms with Crippen molar-refractivity contribution in [3.63, 3.8) is 0 Å². The summed E-state index contributed by atoms with van der Waals surface area (Å²) in [6.07, 6.45) is 0.166. The van der Waals surface area contributed by atoms with E-state index in [1.807, 2.05) is 5.48 Å². The molecule has 0 aliphatic rings. The number of aliphatic hydroxyl groups excluding tert-OH is 1. The van der Waals surface area contributed by atoms with E-state index in [0.29, 0.717) is 0 Å². The Bertz CT molecular complexity index is 178. The van der Waals surface area contributed by atoms with Gasteiger partial charge in [0, 0.05) is 38.7 Å². The van der Waals surface area contributed by atoms with Crippen molar-refractivity contribution in [1.29, 1.82) is 1.12 Å². The van der Waals surface area contributed by atoms with Crippen LogP contribution in [-0.4, -0.2) is 24.5 Å². The number of rotatable bonds is 7. The molecule has 0 aromatic heterocycles. The molecule has 0 unspecified atom stereocenters. The highest BCUT2D eigenvalue weighted by atomic mass is 32.1. The van der Waals surface area contributed by atoms with Gasteiger partial charge in [-0.05, 0) is 0 Å². The first-order chi connectivity index (χ1) is 6.20. The van der Waals surface area contributed by atoms with Crippen molar-refractivity contribution < 1.29 is 19.0 Å². The maximum absolute atomic E-state index is 10.8. The number of nitrogens with one attached hydrogen (secondary N) is 1. The summed E-state index contributed by atoms with van der Waals surface area (Å²) in [5.41, 5.74) is 1.95. The van der Waals surface area contributed by atoms with E-state index in [4.69, 9.17) is 6.23 Å². The van der Waals surface area contributed by atoms with Gasteiger partial charge in [0.05, 0.1) is 0 Å². The van der Waals surface area contributed by atoms with Crippen molar-refractivity contribution in [3.8, 4) is 0 Å². The SMILES string of the molecule is [3H]SONC(=O)CCC(=O)CCO. The molecule has 12 heavy (non-hydrogen) atoms. The van der Waals surface area contributed by atoms with Crippen molar-refractivity contribution in [2.75, 3.05) is 6.61 Å². The lowest BCUT2D eigenvalue weighted by molar-refractivity contribution is -0.129. The molecule has 0 radical (unpaired) electrons. The van der Waals surface area contributed by atoms with E-state index in [0.717, 1.165) is 0 Å². The molecule has 0 rings (SSSR count). The molecule has 2 N–H and O–H groups in total. The highest BCUT2D eigenvalue weighted by molar-refractivity contribution is 7.75. The molecule has 5 nitrogen and oxygen atoms in total. The van der Waals surface area contributed by atoms with Crippen LogP contribution in [0.5, 0.6) is 0 Å². The monoisotopic (exact) mass is 195 g/mol. The first-order valence-corrected chi connectivity index (χ1v) is 3.74. The second kappa shape index (κ2) is 7.08. The number of aliphatic hydroxyl groups is 1. The van der Waals surface area contributed by atoms with Crippen molar-refractivity contribution in [1.82, 2.24) is 5.48 Å². The maximum atomic E-state index is 10.8. The summed E-state index contributed by atoms with van der Waals surface area (Å²) in [7, 11) is 0. The zero-order chi connectivity index (χ0) is 10.1. The van der Waals surface area contributed by atoms with Crippen LogP contribution in [-0.2, 0) is 13.9 Å². The highest BCUT2D eigenvalue weighted by Gasteiger charge is 2.05. The molecule has 0 fully saturated rings. The number of amides is 1. The molecule has 0 aromatic rings. The summed E-state index contributed by atoms with van der Waals surface area (Å²) in [5, 5.41) is 8.37. The molecule has 0 spiro atoms. The largest absolute Gasteiger partial charge is 0.396 e. The van der Waals surface area contributed by atoms with Gasteiger partial charge in [0.25, 0.3) is 0 Å². The Hall–Kier alpha value is -0.590. The second-order valence-electron chi connectivity index (χ2n) is 2.12. The van der Waals surface area contributed by atoms with Crippen LogP contribution in [0, 0.1) is 0 Å². The van der Waals surface area contributed by atoms with Crippen molar-refractivity contribution in [2.45, 2.75) is 19.3 Å². The van der Waals surface area contributed by atoms with Gasteiger partial charge in [-0.2, -0.15) is 0 Å². The van der Waals surface area contributed by atoms with Crippen molar-refractivity contribution in [3.05, 3.63) is 0 Å². The lowest BCUT2D eigenvalue weighted by atomic mass is 10.2. The van der Waals surface area contributed by atoms with E-state index in [1.165, 1.54) is 0 Å². The fourth-order valence-corrected chi connectivity index (χ4v) is 0.693. The minimum absolute atomic E-state index is 0.0133. The molecular formula is C6H11NO4S. The molecule has 0 atom stereocenters. The first-order valence-electron chi connectivity index (χ1n) is 3.81. The van der Waals surface area contributed by atoms with Gasteiger partial charge in [-0.1, -0.05) is 0 Å². The molecule has 0 heterocycles. The summed E-state index contributed by atoms with van der Waals surface area (Å²) < 4.78 is 10.7. The Labute approximate surface area is 76.7 Å².